The van der Waals surface area contributed by atoms with Crippen LogP contribution in [-0.2, 0) is 4.79 Å². The summed E-state index contributed by atoms with van der Waals surface area (Å²) in [5, 5.41) is 3.12. The Hall–Kier alpha value is -1.35. The van der Waals surface area contributed by atoms with Gasteiger partial charge in [0.2, 0.25) is 0 Å². The van der Waals surface area contributed by atoms with E-state index in [2.05, 4.69) is 12.4 Å². The first kappa shape index (κ1) is 13.1. The number of para-hydroxylation sites is 1. The molecule has 0 radical (unpaired) electrons. The summed E-state index contributed by atoms with van der Waals surface area (Å²) in [5.41, 5.74) is 3.26. The number of benzene rings is 1. The Morgan fingerprint density at radius 2 is 1.94 bits per heavy atom. The van der Waals surface area contributed by atoms with E-state index in [1.165, 1.54) is 17.7 Å². The number of likely N-dealkylation sites (N-methyl/N-ethyl adjacent to an activating group) is 1. The standard InChI is InChI=1S/C15H22N2O/c1-11-7-6-8-12(2)14(11)16-15(18)13-9-4-5-10-17(13)3/h6-8,13H,4-5,9-10H2,1-3H3,(H,16,18)/p+1. The summed E-state index contributed by atoms with van der Waals surface area (Å²) in [4.78, 5) is 13.7. The molecule has 1 amide bonds. The normalized spacial score (nSPS) is 23.7. The Kier molecular flexibility index (Phi) is 4.02. The van der Waals surface area contributed by atoms with E-state index in [0.29, 0.717) is 0 Å². The molecule has 0 spiro atoms. The van der Waals surface area contributed by atoms with Gasteiger partial charge in [-0.15, -0.1) is 0 Å². The number of aryl methyl sites for hydroxylation is 2. The number of rotatable bonds is 2. The van der Waals surface area contributed by atoms with E-state index in [9.17, 15) is 4.79 Å². The minimum Gasteiger partial charge on any atom is -0.327 e. The summed E-state index contributed by atoms with van der Waals surface area (Å²) in [6.07, 6.45) is 3.41. The number of hydrogen-bond acceptors (Lipinski definition) is 1. The van der Waals surface area contributed by atoms with Gasteiger partial charge in [0.15, 0.2) is 6.04 Å². The minimum absolute atomic E-state index is 0.109. The Bertz CT molecular complexity index is 422. The maximum Gasteiger partial charge on any atom is 0.282 e. The van der Waals surface area contributed by atoms with E-state index >= 15 is 0 Å². The lowest BCUT2D eigenvalue weighted by molar-refractivity contribution is -0.901. The molecule has 0 saturated carbocycles. The molecule has 1 aliphatic rings. The molecule has 18 heavy (non-hydrogen) atoms. The number of piperidine rings is 1. The Morgan fingerprint density at radius 1 is 1.28 bits per heavy atom. The van der Waals surface area contributed by atoms with Crippen LogP contribution in [0.25, 0.3) is 0 Å². The van der Waals surface area contributed by atoms with Crippen LogP contribution < -0.4 is 10.2 Å². The van der Waals surface area contributed by atoms with Crippen molar-refractivity contribution in [1.29, 1.82) is 0 Å². The molecule has 3 nitrogen and oxygen atoms in total. The van der Waals surface area contributed by atoms with E-state index in [-0.39, 0.29) is 11.9 Å². The molecule has 0 aromatic heterocycles. The summed E-state index contributed by atoms with van der Waals surface area (Å²) in [5.74, 6) is 0.171. The fraction of sp³-hybridized carbons (Fsp3) is 0.533. The van der Waals surface area contributed by atoms with Crippen LogP contribution in [0.4, 0.5) is 5.69 Å². The first-order chi connectivity index (χ1) is 8.59. The van der Waals surface area contributed by atoms with Crippen molar-refractivity contribution in [3.63, 3.8) is 0 Å². The third-order valence-electron chi connectivity index (χ3n) is 3.95. The molecule has 1 aromatic rings. The van der Waals surface area contributed by atoms with Crippen LogP contribution >= 0.6 is 0 Å². The highest BCUT2D eigenvalue weighted by atomic mass is 16.2. The van der Waals surface area contributed by atoms with Crippen molar-refractivity contribution in [2.75, 3.05) is 18.9 Å². The minimum atomic E-state index is 0.109. The molecule has 1 aliphatic heterocycles. The molecule has 1 heterocycles. The number of nitrogens with one attached hydrogen (secondary N) is 2. The van der Waals surface area contributed by atoms with Crippen molar-refractivity contribution in [3.05, 3.63) is 29.3 Å². The maximum absolute atomic E-state index is 12.4. The van der Waals surface area contributed by atoms with E-state index in [1.807, 2.05) is 32.0 Å². The van der Waals surface area contributed by atoms with Gasteiger partial charge in [-0.1, -0.05) is 18.2 Å². The quantitative estimate of drug-likeness (QED) is 0.812. The van der Waals surface area contributed by atoms with Gasteiger partial charge in [-0.2, -0.15) is 0 Å². The number of amides is 1. The van der Waals surface area contributed by atoms with Gasteiger partial charge in [0.1, 0.15) is 0 Å². The number of hydrogen-bond donors (Lipinski definition) is 2. The van der Waals surface area contributed by atoms with Crippen molar-refractivity contribution in [2.24, 2.45) is 0 Å². The predicted octanol–water partition coefficient (Wildman–Crippen LogP) is 1.31. The summed E-state index contributed by atoms with van der Waals surface area (Å²) < 4.78 is 0. The van der Waals surface area contributed by atoms with E-state index in [1.54, 1.807) is 0 Å². The average Bonchev–Trinajstić information content (AvgIpc) is 2.34. The van der Waals surface area contributed by atoms with Crippen molar-refractivity contribution < 1.29 is 9.69 Å². The van der Waals surface area contributed by atoms with Gasteiger partial charge in [0, 0.05) is 12.1 Å². The number of carbonyl (C=O) groups excluding carboxylic acids is 1. The highest BCUT2D eigenvalue weighted by molar-refractivity contribution is 5.95. The number of anilines is 1. The zero-order valence-electron chi connectivity index (χ0n) is 11.5. The van der Waals surface area contributed by atoms with Crippen LogP contribution in [0.2, 0.25) is 0 Å². The van der Waals surface area contributed by atoms with Gasteiger partial charge in [-0.25, -0.2) is 0 Å². The Balaban J connectivity index is 2.11. The molecule has 1 saturated heterocycles. The topological polar surface area (TPSA) is 33.5 Å². The number of quaternary nitrogens is 1. The molecule has 0 bridgehead atoms. The zero-order valence-corrected chi connectivity index (χ0v) is 11.5. The van der Waals surface area contributed by atoms with Crippen molar-refractivity contribution >= 4 is 11.6 Å². The van der Waals surface area contributed by atoms with Crippen LogP contribution in [0, 0.1) is 13.8 Å². The Labute approximate surface area is 109 Å². The molecule has 2 N–H and O–H groups in total. The second-order valence-electron chi connectivity index (χ2n) is 5.40. The molecule has 0 aliphatic carbocycles. The lowest BCUT2D eigenvalue weighted by Crippen LogP contribution is -3.15. The van der Waals surface area contributed by atoms with Gasteiger partial charge in [0.25, 0.3) is 5.91 Å². The molecule has 98 valence electrons. The second-order valence-corrected chi connectivity index (χ2v) is 5.40. The highest BCUT2D eigenvalue weighted by Crippen LogP contribution is 2.19. The smallest absolute Gasteiger partial charge is 0.282 e. The zero-order chi connectivity index (χ0) is 13.1. The molecule has 2 unspecified atom stereocenters. The van der Waals surface area contributed by atoms with Gasteiger partial charge in [0.05, 0.1) is 13.6 Å². The van der Waals surface area contributed by atoms with Gasteiger partial charge < -0.3 is 10.2 Å². The summed E-state index contributed by atoms with van der Waals surface area (Å²) in [6, 6.07) is 6.22. The highest BCUT2D eigenvalue weighted by Gasteiger charge is 2.29. The molecule has 2 atom stereocenters. The molecule has 3 heteroatoms. The summed E-state index contributed by atoms with van der Waals surface area (Å²) in [7, 11) is 2.12. The van der Waals surface area contributed by atoms with E-state index < -0.39 is 0 Å². The molecule has 2 rings (SSSR count). The molecular formula is C15H23N2O+. The van der Waals surface area contributed by atoms with Crippen molar-refractivity contribution in [1.82, 2.24) is 0 Å². The van der Waals surface area contributed by atoms with Gasteiger partial charge in [-0.3, -0.25) is 4.79 Å². The number of likely N-dealkylation sites (tertiary alicyclic amines) is 1. The largest absolute Gasteiger partial charge is 0.327 e. The Morgan fingerprint density at radius 3 is 2.56 bits per heavy atom. The molecule has 1 fully saturated rings. The lowest BCUT2D eigenvalue weighted by atomic mass is 10.0. The van der Waals surface area contributed by atoms with Crippen molar-refractivity contribution in [3.8, 4) is 0 Å². The third kappa shape index (κ3) is 2.72. The fourth-order valence-corrected chi connectivity index (χ4v) is 2.75. The second kappa shape index (κ2) is 5.53. The predicted molar refractivity (Wildman–Crippen MR) is 73.9 cm³/mol. The van der Waals surface area contributed by atoms with Crippen LogP contribution in [0.5, 0.6) is 0 Å². The third-order valence-corrected chi connectivity index (χ3v) is 3.95. The summed E-state index contributed by atoms with van der Waals surface area (Å²) in [6.45, 7) is 5.19. The van der Waals surface area contributed by atoms with Crippen LogP contribution in [0.3, 0.4) is 0 Å². The van der Waals surface area contributed by atoms with Gasteiger partial charge >= 0.3 is 0 Å². The fourth-order valence-electron chi connectivity index (χ4n) is 2.75. The maximum atomic E-state index is 12.4. The first-order valence-corrected chi connectivity index (χ1v) is 6.79. The van der Waals surface area contributed by atoms with E-state index in [0.717, 1.165) is 29.8 Å². The monoisotopic (exact) mass is 247 g/mol. The lowest BCUT2D eigenvalue weighted by Gasteiger charge is -2.28. The SMILES string of the molecule is Cc1cccc(C)c1NC(=O)C1CCCC[NH+]1C. The average molecular weight is 247 g/mol. The van der Waals surface area contributed by atoms with E-state index in [4.69, 9.17) is 0 Å². The first-order valence-electron chi connectivity index (χ1n) is 6.79. The van der Waals surface area contributed by atoms with Gasteiger partial charge in [-0.05, 0) is 37.8 Å². The van der Waals surface area contributed by atoms with Crippen molar-refractivity contribution in [2.45, 2.75) is 39.2 Å². The number of carbonyl (C=O) groups is 1. The van der Waals surface area contributed by atoms with Crippen LogP contribution in [-0.4, -0.2) is 25.5 Å². The molecule has 1 aromatic carbocycles. The van der Waals surface area contributed by atoms with Crippen LogP contribution in [0.1, 0.15) is 30.4 Å². The molecular weight excluding hydrogens is 224 g/mol. The summed E-state index contributed by atoms with van der Waals surface area (Å²) >= 11 is 0. The van der Waals surface area contributed by atoms with Crippen LogP contribution in [0.15, 0.2) is 18.2 Å².